The van der Waals surface area contributed by atoms with Crippen molar-refractivity contribution in [1.82, 2.24) is 9.78 Å². The molecular weight excluding hydrogens is 266 g/mol. The van der Waals surface area contributed by atoms with Crippen LogP contribution in [0.25, 0.3) is 5.69 Å². The summed E-state index contributed by atoms with van der Waals surface area (Å²) in [5.41, 5.74) is 3.02. The van der Waals surface area contributed by atoms with Crippen molar-refractivity contribution < 1.29 is 9.90 Å². The number of hydrogen-bond donors (Lipinski definition) is 1. The molecule has 5 nitrogen and oxygen atoms in total. The molecule has 0 bridgehead atoms. The number of aromatic nitrogens is 2. The van der Waals surface area contributed by atoms with E-state index < -0.39 is 5.97 Å². The molecule has 2 aromatic rings. The molecule has 0 spiro atoms. The summed E-state index contributed by atoms with van der Waals surface area (Å²) in [7, 11) is 3.97. The lowest BCUT2D eigenvalue weighted by Crippen LogP contribution is -2.09. The SMILES string of the molecule is CCCCc1cc(C(=O)O)nn1-c1ccc(N(C)C)cc1. The largest absolute Gasteiger partial charge is 0.476 e. The van der Waals surface area contributed by atoms with Crippen LogP contribution >= 0.6 is 0 Å². The third-order valence-electron chi connectivity index (χ3n) is 3.40. The molecule has 0 saturated heterocycles. The minimum absolute atomic E-state index is 0.0952. The highest BCUT2D eigenvalue weighted by atomic mass is 16.4. The Morgan fingerprint density at radius 3 is 2.48 bits per heavy atom. The molecule has 1 aromatic carbocycles. The van der Waals surface area contributed by atoms with Crippen molar-refractivity contribution in [1.29, 1.82) is 0 Å². The van der Waals surface area contributed by atoms with Gasteiger partial charge in [-0.25, -0.2) is 9.48 Å². The van der Waals surface area contributed by atoms with Crippen LogP contribution in [0.3, 0.4) is 0 Å². The standard InChI is InChI=1S/C16H21N3O2/c1-4-5-6-14-11-15(16(20)21)17-19(14)13-9-7-12(8-10-13)18(2)3/h7-11H,4-6H2,1-3H3,(H,20,21). The summed E-state index contributed by atoms with van der Waals surface area (Å²) in [5.74, 6) is -0.989. The van der Waals surface area contributed by atoms with Crippen molar-refractivity contribution in [2.45, 2.75) is 26.2 Å². The normalized spacial score (nSPS) is 10.6. The molecular formula is C16H21N3O2. The predicted octanol–water partition coefficient (Wildman–Crippen LogP) is 2.98. The Morgan fingerprint density at radius 1 is 1.29 bits per heavy atom. The van der Waals surface area contributed by atoms with Gasteiger partial charge in [-0.15, -0.1) is 0 Å². The van der Waals surface area contributed by atoms with Crippen molar-refractivity contribution in [3.05, 3.63) is 41.7 Å². The van der Waals surface area contributed by atoms with Gasteiger partial charge in [0.15, 0.2) is 5.69 Å². The summed E-state index contributed by atoms with van der Waals surface area (Å²) in [6.07, 6.45) is 2.90. The van der Waals surface area contributed by atoms with Crippen LogP contribution in [0.2, 0.25) is 0 Å². The fourth-order valence-electron chi connectivity index (χ4n) is 2.18. The zero-order valence-corrected chi connectivity index (χ0v) is 12.7. The first-order valence-electron chi connectivity index (χ1n) is 7.13. The number of aryl methyl sites for hydroxylation is 1. The molecule has 0 aliphatic carbocycles. The first-order valence-corrected chi connectivity index (χ1v) is 7.13. The van der Waals surface area contributed by atoms with Gasteiger partial charge in [0, 0.05) is 25.5 Å². The van der Waals surface area contributed by atoms with Gasteiger partial charge in [0.25, 0.3) is 0 Å². The fourth-order valence-corrected chi connectivity index (χ4v) is 2.18. The molecule has 112 valence electrons. The van der Waals surface area contributed by atoms with Gasteiger partial charge in [-0.05, 0) is 43.2 Å². The second-order valence-electron chi connectivity index (χ2n) is 5.25. The number of hydrogen-bond acceptors (Lipinski definition) is 3. The summed E-state index contributed by atoms with van der Waals surface area (Å²) >= 11 is 0. The van der Waals surface area contributed by atoms with Crippen LogP contribution in [0.1, 0.15) is 35.9 Å². The van der Waals surface area contributed by atoms with Gasteiger partial charge in [0.1, 0.15) is 0 Å². The number of rotatable bonds is 6. The zero-order chi connectivity index (χ0) is 15.4. The molecule has 1 N–H and O–H groups in total. The van der Waals surface area contributed by atoms with Gasteiger partial charge in [0.2, 0.25) is 0 Å². The molecule has 5 heteroatoms. The maximum Gasteiger partial charge on any atom is 0.356 e. The van der Waals surface area contributed by atoms with E-state index in [1.807, 2.05) is 43.3 Å². The highest BCUT2D eigenvalue weighted by Crippen LogP contribution is 2.18. The number of unbranched alkanes of at least 4 members (excludes halogenated alkanes) is 1. The van der Waals surface area contributed by atoms with E-state index in [-0.39, 0.29) is 5.69 Å². The van der Waals surface area contributed by atoms with Crippen molar-refractivity contribution in [3.8, 4) is 5.69 Å². The third kappa shape index (κ3) is 3.42. The quantitative estimate of drug-likeness (QED) is 0.887. The molecule has 0 saturated carbocycles. The Hall–Kier alpha value is -2.30. The number of carboxylic acid groups (broad SMARTS) is 1. The lowest BCUT2D eigenvalue weighted by atomic mass is 10.2. The van der Waals surface area contributed by atoms with Crippen LogP contribution in [0, 0.1) is 0 Å². The average Bonchev–Trinajstić information content (AvgIpc) is 2.89. The third-order valence-corrected chi connectivity index (χ3v) is 3.40. The molecule has 1 aromatic heterocycles. The number of carboxylic acids is 1. The second-order valence-corrected chi connectivity index (χ2v) is 5.25. The first kappa shape index (κ1) is 15.1. The van der Waals surface area contributed by atoms with Crippen molar-refractivity contribution in [3.63, 3.8) is 0 Å². The molecule has 2 rings (SSSR count). The van der Waals surface area contributed by atoms with E-state index >= 15 is 0 Å². The highest BCUT2D eigenvalue weighted by Gasteiger charge is 2.14. The minimum atomic E-state index is -0.989. The topological polar surface area (TPSA) is 58.4 Å². The Balaban J connectivity index is 2.38. The van der Waals surface area contributed by atoms with Crippen LogP contribution in [0.4, 0.5) is 5.69 Å². The van der Waals surface area contributed by atoms with Crippen LogP contribution in [0.15, 0.2) is 30.3 Å². The molecule has 0 unspecified atom stereocenters. The molecule has 0 fully saturated rings. The zero-order valence-electron chi connectivity index (χ0n) is 12.7. The molecule has 0 aliphatic heterocycles. The lowest BCUT2D eigenvalue weighted by molar-refractivity contribution is 0.0690. The van der Waals surface area contributed by atoms with E-state index in [2.05, 4.69) is 12.0 Å². The molecule has 0 radical (unpaired) electrons. The van der Waals surface area contributed by atoms with E-state index in [9.17, 15) is 4.79 Å². The number of anilines is 1. The average molecular weight is 287 g/mol. The molecule has 0 atom stereocenters. The van der Waals surface area contributed by atoms with Crippen LogP contribution in [-0.4, -0.2) is 35.0 Å². The number of aromatic carboxylic acids is 1. The van der Waals surface area contributed by atoms with Crippen molar-refractivity contribution in [2.24, 2.45) is 0 Å². The molecule has 0 amide bonds. The van der Waals surface area contributed by atoms with E-state index in [1.165, 1.54) is 0 Å². The Kier molecular flexibility index (Phi) is 4.62. The van der Waals surface area contributed by atoms with E-state index in [4.69, 9.17) is 5.11 Å². The number of nitrogens with zero attached hydrogens (tertiary/aromatic N) is 3. The summed E-state index contributed by atoms with van der Waals surface area (Å²) in [6.45, 7) is 2.12. The smallest absolute Gasteiger partial charge is 0.356 e. The number of carbonyl (C=O) groups is 1. The maximum atomic E-state index is 11.1. The summed E-state index contributed by atoms with van der Waals surface area (Å²) < 4.78 is 1.73. The van der Waals surface area contributed by atoms with Gasteiger partial charge in [0.05, 0.1) is 5.69 Å². The van der Waals surface area contributed by atoms with Gasteiger partial charge >= 0.3 is 5.97 Å². The van der Waals surface area contributed by atoms with E-state index in [0.717, 1.165) is 36.3 Å². The van der Waals surface area contributed by atoms with Crippen LogP contribution in [-0.2, 0) is 6.42 Å². The van der Waals surface area contributed by atoms with Gasteiger partial charge in [-0.1, -0.05) is 13.3 Å². The van der Waals surface area contributed by atoms with Crippen molar-refractivity contribution >= 4 is 11.7 Å². The number of benzene rings is 1. The fraction of sp³-hybridized carbons (Fsp3) is 0.375. The van der Waals surface area contributed by atoms with Gasteiger partial charge < -0.3 is 10.0 Å². The Labute approximate surface area is 124 Å². The van der Waals surface area contributed by atoms with Gasteiger partial charge in [-0.2, -0.15) is 5.10 Å². The monoisotopic (exact) mass is 287 g/mol. The van der Waals surface area contributed by atoms with E-state index in [1.54, 1.807) is 10.7 Å². The summed E-state index contributed by atoms with van der Waals surface area (Å²) in [6, 6.07) is 9.59. The molecule has 21 heavy (non-hydrogen) atoms. The van der Waals surface area contributed by atoms with Crippen molar-refractivity contribution in [2.75, 3.05) is 19.0 Å². The predicted molar refractivity (Wildman–Crippen MR) is 83.5 cm³/mol. The summed E-state index contributed by atoms with van der Waals surface area (Å²) in [4.78, 5) is 13.2. The Morgan fingerprint density at radius 2 is 1.95 bits per heavy atom. The lowest BCUT2D eigenvalue weighted by Gasteiger charge is -2.13. The Bertz CT molecular complexity index is 615. The van der Waals surface area contributed by atoms with E-state index in [0.29, 0.717) is 0 Å². The maximum absolute atomic E-state index is 11.1. The van der Waals surface area contributed by atoms with Crippen LogP contribution in [0.5, 0.6) is 0 Å². The second kappa shape index (κ2) is 6.43. The first-order chi connectivity index (χ1) is 10.0. The highest BCUT2D eigenvalue weighted by molar-refractivity contribution is 5.85. The molecule has 0 aliphatic rings. The minimum Gasteiger partial charge on any atom is -0.476 e. The summed E-state index contributed by atoms with van der Waals surface area (Å²) in [5, 5.41) is 13.3. The van der Waals surface area contributed by atoms with Crippen LogP contribution < -0.4 is 4.90 Å². The molecule has 1 heterocycles. The van der Waals surface area contributed by atoms with Gasteiger partial charge in [-0.3, -0.25) is 0 Å².